The second kappa shape index (κ2) is 7.42. The molecule has 1 fully saturated rings. The van der Waals surface area contributed by atoms with Crippen LogP contribution in [0.3, 0.4) is 0 Å². The number of amides is 1. The number of nitrogens with zero attached hydrogens (tertiary/aromatic N) is 4. The van der Waals surface area contributed by atoms with Crippen LogP contribution in [-0.4, -0.2) is 31.8 Å². The molecule has 25 heavy (non-hydrogen) atoms. The molecule has 0 spiro atoms. The Kier molecular flexibility index (Phi) is 5.25. The van der Waals surface area contributed by atoms with Crippen LogP contribution in [0.15, 0.2) is 6.20 Å². The molecule has 1 aliphatic carbocycles. The van der Waals surface area contributed by atoms with E-state index < -0.39 is 0 Å². The van der Waals surface area contributed by atoms with Gasteiger partial charge in [0, 0.05) is 50.1 Å². The Labute approximate surface area is 149 Å². The number of aromatic nitrogens is 4. The number of carbonyl (C=O) groups excluding carboxylic acids is 1. The Morgan fingerprint density at radius 3 is 2.64 bits per heavy atom. The van der Waals surface area contributed by atoms with Crippen molar-refractivity contribution in [3.8, 4) is 0 Å². The van der Waals surface area contributed by atoms with Gasteiger partial charge in [-0.3, -0.25) is 9.48 Å². The van der Waals surface area contributed by atoms with E-state index in [-0.39, 0.29) is 5.91 Å². The van der Waals surface area contributed by atoms with Gasteiger partial charge in [-0.1, -0.05) is 0 Å². The van der Waals surface area contributed by atoms with Crippen molar-refractivity contribution in [3.63, 3.8) is 0 Å². The van der Waals surface area contributed by atoms with E-state index in [2.05, 4.69) is 33.8 Å². The molecule has 1 saturated carbocycles. The highest BCUT2D eigenvalue weighted by Crippen LogP contribution is 2.33. The Morgan fingerprint density at radius 1 is 1.28 bits per heavy atom. The molecule has 1 amide bonds. The van der Waals surface area contributed by atoms with Crippen LogP contribution in [0.5, 0.6) is 0 Å². The van der Waals surface area contributed by atoms with E-state index in [0.29, 0.717) is 19.0 Å². The molecule has 0 aliphatic heterocycles. The first-order valence-electron chi connectivity index (χ1n) is 9.26. The molecule has 0 atom stereocenters. The maximum Gasteiger partial charge on any atom is 0.220 e. The molecule has 2 heterocycles. The van der Waals surface area contributed by atoms with Gasteiger partial charge in [0.25, 0.3) is 0 Å². The Hall–Kier alpha value is -2.11. The zero-order valence-corrected chi connectivity index (χ0v) is 15.8. The smallest absolute Gasteiger partial charge is 0.220 e. The minimum absolute atomic E-state index is 0.0983. The number of hydrogen-bond donors (Lipinski definition) is 1. The van der Waals surface area contributed by atoms with Crippen molar-refractivity contribution in [1.29, 1.82) is 0 Å². The standard InChI is InChI=1S/C19H29N5O/c1-13-12-21-18(24(13)16-6-5-7-16)10-11-20-19(25)9-8-17-14(2)22-23(4)15(17)3/h12,16H,5-11H2,1-4H3,(H,20,25). The van der Waals surface area contributed by atoms with Crippen LogP contribution in [0, 0.1) is 20.8 Å². The van der Waals surface area contributed by atoms with Crippen molar-refractivity contribution in [3.05, 3.63) is 34.7 Å². The first-order valence-corrected chi connectivity index (χ1v) is 9.26. The highest BCUT2D eigenvalue weighted by Gasteiger charge is 2.23. The van der Waals surface area contributed by atoms with Crippen molar-refractivity contribution >= 4 is 5.91 Å². The molecule has 0 unspecified atom stereocenters. The summed E-state index contributed by atoms with van der Waals surface area (Å²) >= 11 is 0. The maximum absolute atomic E-state index is 12.2. The third-order valence-corrected chi connectivity index (χ3v) is 5.43. The van der Waals surface area contributed by atoms with Crippen LogP contribution in [0.2, 0.25) is 0 Å². The molecular formula is C19H29N5O. The fourth-order valence-corrected chi connectivity index (χ4v) is 3.64. The summed E-state index contributed by atoms with van der Waals surface area (Å²) in [6.07, 6.45) is 7.80. The van der Waals surface area contributed by atoms with Crippen molar-refractivity contribution in [2.75, 3.05) is 6.54 Å². The van der Waals surface area contributed by atoms with Crippen LogP contribution in [0.25, 0.3) is 0 Å². The van der Waals surface area contributed by atoms with Crippen LogP contribution in [0.1, 0.15) is 60.2 Å². The van der Waals surface area contributed by atoms with Gasteiger partial charge >= 0.3 is 0 Å². The third-order valence-electron chi connectivity index (χ3n) is 5.43. The highest BCUT2D eigenvalue weighted by molar-refractivity contribution is 5.76. The fraction of sp³-hybridized carbons (Fsp3) is 0.632. The van der Waals surface area contributed by atoms with Gasteiger partial charge in [-0.25, -0.2) is 4.98 Å². The van der Waals surface area contributed by atoms with E-state index in [9.17, 15) is 4.79 Å². The summed E-state index contributed by atoms with van der Waals surface area (Å²) in [5.74, 6) is 1.20. The van der Waals surface area contributed by atoms with E-state index >= 15 is 0 Å². The SMILES string of the molecule is Cc1nn(C)c(C)c1CCC(=O)NCCc1ncc(C)n1C1CCC1. The molecule has 0 radical (unpaired) electrons. The molecule has 1 N–H and O–H groups in total. The first kappa shape index (κ1) is 17.7. The molecule has 0 bridgehead atoms. The summed E-state index contributed by atoms with van der Waals surface area (Å²) in [5, 5.41) is 7.45. The Balaban J connectivity index is 1.47. The molecule has 0 aromatic carbocycles. The quantitative estimate of drug-likeness (QED) is 0.840. The van der Waals surface area contributed by atoms with Crippen LogP contribution < -0.4 is 5.32 Å². The average molecular weight is 343 g/mol. The lowest BCUT2D eigenvalue weighted by Crippen LogP contribution is -2.28. The summed E-state index contributed by atoms with van der Waals surface area (Å²) in [7, 11) is 1.94. The molecule has 2 aromatic heterocycles. The third kappa shape index (κ3) is 3.78. The maximum atomic E-state index is 12.2. The first-order chi connectivity index (χ1) is 12.0. The predicted molar refractivity (Wildman–Crippen MR) is 97.6 cm³/mol. The number of carbonyl (C=O) groups is 1. The Morgan fingerprint density at radius 2 is 2.04 bits per heavy atom. The zero-order chi connectivity index (χ0) is 18.0. The zero-order valence-electron chi connectivity index (χ0n) is 15.8. The lowest BCUT2D eigenvalue weighted by atomic mass is 9.92. The van der Waals surface area contributed by atoms with E-state index in [4.69, 9.17) is 0 Å². The van der Waals surface area contributed by atoms with Gasteiger partial charge in [-0.15, -0.1) is 0 Å². The predicted octanol–water partition coefficient (Wildman–Crippen LogP) is 2.56. The van der Waals surface area contributed by atoms with Crippen LogP contribution in [0.4, 0.5) is 0 Å². The minimum Gasteiger partial charge on any atom is -0.356 e. The molecular weight excluding hydrogens is 314 g/mol. The number of rotatable bonds is 7. The summed E-state index contributed by atoms with van der Waals surface area (Å²) in [6.45, 7) is 6.82. The van der Waals surface area contributed by atoms with Crippen molar-refractivity contribution < 1.29 is 4.79 Å². The molecule has 6 heteroatoms. The normalized spacial score (nSPS) is 14.6. The molecule has 0 saturated heterocycles. The molecule has 2 aromatic rings. The number of aryl methyl sites for hydroxylation is 3. The van der Waals surface area contributed by atoms with Gasteiger partial charge in [-0.2, -0.15) is 5.10 Å². The fourth-order valence-electron chi connectivity index (χ4n) is 3.64. The number of hydrogen-bond acceptors (Lipinski definition) is 3. The minimum atomic E-state index is 0.0983. The average Bonchev–Trinajstić information content (AvgIpc) is 2.98. The van der Waals surface area contributed by atoms with E-state index in [1.165, 1.54) is 30.5 Å². The summed E-state index contributed by atoms with van der Waals surface area (Å²) in [6, 6.07) is 0.615. The van der Waals surface area contributed by atoms with Crippen LogP contribution in [-0.2, 0) is 24.7 Å². The Bertz CT molecular complexity index is 754. The second-order valence-corrected chi connectivity index (χ2v) is 7.14. The number of nitrogens with one attached hydrogen (secondary N) is 1. The second-order valence-electron chi connectivity index (χ2n) is 7.14. The lowest BCUT2D eigenvalue weighted by Gasteiger charge is -2.29. The largest absolute Gasteiger partial charge is 0.356 e. The molecule has 136 valence electrons. The van der Waals surface area contributed by atoms with Crippen molar-refractivity contribution in [1.82, 2.24) is 24.6 Å². The molecule has 3 rings (SSSR count). The van der Waals surface area contributed by atoms with E-state index in [1.807, 2.05) is 24.9 Å². The van der Waals surface area contributed by atoms with E-state index in [1.54, 1.807) is 0 Å². The van der Waals surface area contributed by atoms with Crippen molar-refractivity contribution in [2.45, 2.75) is 65.3 Å². The highest BCUT2D eigenvalue weighted by atomic mass is 16.1. The van der Waals surface area contributed by atoms with Gasteiger partial charge in [0.15, 0.2) is 0 Å². The van der Waals surface area contributed by atoms with Gasteiger partial charge in [-0.05, 0) is 52.0 Å². The lowest BCUT2D eigenvalue weighted by molar-refractivity contribution is -0.121. The topological polar surface area (TPSA) is 64.7 Å². The van der Waals surface area contributed by atoms with E-state index in [0.717, 1.165) is 30.1 Å². The monoisotopic (exact) mass is 343 g/mol. The van der Waals surface area contributed by atoms with Crippen molar-refractivity contribution in [2.24, 2.45) is 7.05 Å². The summed E-state index contributed by atoms with van der Waals surface area (Å²) < 4.78 is 4.24. The summed E-state index contributed by atoms with van der Waals surface area (Å²) in [4.78, 5) is 16.7. The molecule has 6 nitrogen and oxygen atoms in total. The van der Waals surface area contributed by atoms with Crippen LogP contribution >= 0.6 is 0 Å². The molecule has 1 aliphatic rings. The number of imidazole rings is 1. The summed E-state index contributed by atoms with van der Waals surface area (Å²) in [5.41, 5.74) is 4.58. The van der Waals surface area contributed by atoms with Gasteiger partial charge in [0.2, 0.25) is 5.91 Å². The van der Waals surface area contributed by atoms with Gasteiger partial charge < -0.3 is 9.88 Å². The van der Waals surface area contributed by atoms with Gasteiger partial charge in [0.1, 0.15) is 5.82 Å². The van der Waals surface area contributed by atoms with Gasteiger partial charge in [0.05, 0.1) is 5.69 Å².